The maximum atomic E-state index is 12.7. The van der Waals surface area contributed by atoms with Gasteiger partial charge in [0, 0.05) is 11.8 Å². The molecule has 0 saturated heterocycles. The highest BCUT2D eigenvalue weighted by Crippen LogP contribution is 2.23. The van der Waals surface area contributed by atoms with E-state index in [2.05, 4.69) is 4.72 Å². The van der Waals surface area contributed by atoms with Crippen LogP contribution in [0.2, 0.25) is 0 Å². The third kappa shape index (κ3) is 2.99. The molecule has 0 aliphatic carbocycles. The van der Waals surface area contributed by atoms with Crippen LogP contribution in [0.25, 0.3) is 0 Å². The number of rotatable bonds is 4. The topological polar surface area (TPSA) is 49.3 Å². The van der Waals surface area contributed by atoms with Crippen molar-refractivity contribution < 1.29 is 13.7 Å². The monoisotopic (exact) mass is 217 g/mol. The first kappa shape index (κ1) is 11.0. The van der Waals surface area contributed by atoms with Gasteiger partial charge in [-0.1, -0.05) is 6.92 Å². The van der Waals surface area contributed by atoms with Gasteiger partial charge in [0.15, 0.2) is 0 Å². The van der Waals surface area contributed by atoms with E-state index in [9.17, 15) is 13.7 Å². The van der Waals surface area contributed by atoms with E-state index in [0.717, 1.165) is 18.6 Å². The summed E-state index contributed by atoms with van der Waals surface area (Å²) in [5.74, 6) is -0.106. The lowest BCUT2D eigenvalue weighted by Gasteiger charge is -2.06. The van der Waals surface area contributed by atoms with Crippen molar-refractivity contribution >= 4 is 16.7 Å². The Morgan fingerprint density at radius 3 is 2.93 bits per heavy atom. The number of hydrogen-bond acceptors (Lipinski definition) is 2. The molecular weight excluding hydrogens is 205 g/mol. The summed E-state index contributed by atoms with van der Waals surface area (Å²) in [6.45, 7) is 1.89. The van der Waals surface area contributed by atoms with E-state index >= 15 is 0 Å². The Hall–Kier alpha value is -1.10. The third-order valence-corrected chi connectivity index (χ3v) is 2.80. The van der Waals surface area contributed by atoms with Crippen molar-refractivity contribution in [3.63, 3.8) is 0 Å². The molecule has 1 aromatic carbocycles. The Morgan fingerprint density at radius 1 is 1.57 bits per heavy atom. The molecule has 0 bridgehead atoms. The van der Waals surface area contributed by atoms with Gasteiger partial charge in [0.25, 0.3) is 0 Å². The van der Waals surface area contributed by atoms with Crippen molar-refractivity contribution in [3.05, 3.63) is 24.0 Å². The summed E-state index contributed by atoms with van der Waals surface area (Å²) in [7, 11) is -1.27. The SMILES string of the molecule is CCCS(=O)Nc1cc(F)ccc1O. The molecule has 3 nitrogen and oxygen atoms in total. The fourth-order valence-corrected chi connectivity index (χ4v) is 1.83. The van der Waals surface area contributed by atoms with Crippen LogP contribution in [0.3, 0.4) is 0 Å². The van der Waals surface area contributed by atoms with E-state index in [4.69, 9.17) is 0 Å². The van der Waals surface area contributed by atoms with Gasteiger partial charge in [0.05, 0.1) is 5.69 Å². The minimum atomic E-state index is -1.27. The molecule has 1 aromatic rings. The molecule has 2 N–H and O–H groups in total. The number of phenolic OH excluding ortho intramolecular Hbond substituents is 1. The number of phenols is 1. The van der Waals surface area contributed by atoms with E-state index in [-0.39, 0.29) is 11.4 Å². The van der Waals surface area contributed by atoms with Crippen LogP contribution in [0.5, 0.6) is 5.75 Å². The molecule has 1 rings (SSSR count). The molecule has 0 aromatic heterocycles. The van der Waals surface area contributed by atoms with Crippen LogP contribution in [0.4, 0.5) is 10.1 Å². The van der Waals surface area contributed by atoms with Crippen molar-refractivity contribution in [2.75, 3.05) is 10.5 Å². The first-order valence-corrected chi connectivity index (χ1v) is 5.59. The zero-order valence-corrected chi connectivity index (χ0v) is 8.60. The molecule has 14 heavy (non-hydrogen) atoms. The first-order valence-electron chi connectivity index (χ1n) is 4.27. The van der Waals surface area contributed by atoms with Gasteiger partial charge in [-0.05, 0) is 18.6 Å². The van der Waals surface area contributed by atoms with E-state index in [1.165, 1.54) is 6.07 Å². The van der Waals surface area contributed by atoms with Gasteiger partial charge in [-0.3, -0.25) is 0 Å². The van der Waals surface area contributed by atoms with Gasteiger partial charge in [0.2, 0.25) is 0 Å². The zero-order valence-electron chi connectivity index (χ0n) is 7.79. The Morgan fingerprint density at radius 2 is 2.29 bits per heavy atom. The number of benzene rings is 1. The molecule has 0 heterocycles. The molecule has 0 amide bonds. The molecule has 5 heteroatoms. The van der Waals surface area contributed by atoms with Gasteiger partial charge < -0.3 is 9.83 Å². The van der Waals surface area contributed by atoms with Gasteiger partial charge >= 0.3 is 0 Å². The van der Waals surface area contributed by atoms with Crippen LogP contribution in [0.1, 0.15) is 13.3 Å². The predicted molar refractivity (Wildman–Crippen MR) is 55.0 cm³/mol. The quantitative estimate of drug-likeness (QED) is 0.758. The van der Waals surface area contributed by atoms with Gasteiger partial charge in [-0.2, -0.15) is 0 Å². The van der Waals surface area contributed by atoms with Crippen molar-refractivity contribution in [1.82, 2.24) is 0 Å². The van der Waals surface area contributed by atoms with Crippen molar-refractivity contribution in [2.45, 2.75) is 13.3 Å². The molecule has 0 spiro atoms. The highest BCUT2D eigenvalue weighted by atomic mass is 32.2. The molecule has 0 fully saturated rings. The third-order valence-electron chi connectivity index (χ3n) is 1.57. The fourth-order valence-electron chi connectivity index (χ4n) is 0.949. The van der Waals surface area contributed by atoms with Gasteiger partial charge in [-0.15, -0.1) is 0 Å². The lowest BCUT2D eigenvalue weighted by molar-refractivity contribution is 0.476. The highest BCUT2D eigenvalue weighted by Gasteiger charge is 2.05. The number of nitrogens with one attached hydrogen (secondary N) is 1. The molecule has 78 valence electrons. The summed E-state index contributed by atoms with van der Waals surface area (Å²) in [5.41, 5.74) is 0.164. The van der Waals surface area contributed by atoms with Crippen LogP contribution >= 0.6 is 0 Å². The molecule has 0 radical (unpaired) electrons. The van der Waals surface area contributed by atoms with Gasteiger partial charge in [-0.25, -0.2) is 8.60 Å². The summed E-state index contributed by atoms with van der Waals surface area (Å²) >= 11 is 0. The van der Waals surface area contributed by atoms with Crippen LogP contribution in [0, 0.1) is 5.82 Å². The summed E-state index contributed by atoms with van der Waals surface area (Å²) in [6.07, 6.45) is 0.760. The largest absolute Gasteiger partial charge is 0.506 e. The van der Waals surface area contributed by atoms with E-state index in [0.29, 0.717) is 5.75 Å². The lowest BCUT2D eigenvalue weighted by atomic mass is 10.3. The standard InChI is InChI=1S/C9H12FNO2S/c1-2-5-14(13)11-8-6-7(10)3-4-9(8)12/h3-4,6,11-12H,2,5H2,1H3. The van der Waals surface area contributed by atoms with E-state index in [1.807, 2.05) is 6.92 Å². The second kappa shape index (κ2) is 4.95. The maximum Gasteiger partial charge on any atom is 0.139 e. The maximum absolute atomic E-state index is 12.7. The molecule has 0 saturated carbocycles. The van der Waals surface area contributed by atoms with E-state index in [1.54, 1.807) is 0 Å². The average molecular weight is 217 g/mol. The van der Waals surface area contributed by atoms with Crippen LogP contribution in [0.15, 0.2) is 18.2 Å². The molecule has 1 unspecified atom stereocenters. The van der Waals surface area contributed by atoms with Gasteiger partial charge in [0.1, 0.15) is 22.6 Å². The fraction of sp³-hybridized carbons (Fsp3) is 0.333. The second-order valence-electron chi connectivity index (χ2n) is 2.81. The molecular formula is C9H12FNO2S. The Bertz CT molecular complexity index is 344. The summed E-state index contributed by atoms with van der Waals surface area (Å²) < 4.78 is 26.5. The zero-order chi connectivity index (χ0) is 10.6. The highest BCUT2D eigenvalue weighted by molar-refractivity contribution is 7.86. The number of halogens is 1. The normalized spacial score (nSPS) is 12.4. The Labute approximate surface area is 84.5 Å². The van der Waals surface area contributed by atoms with Crippen molar-refractivity contribution in [2.24, 2.45) is 0 Å². The number of anilines is 1. The minimum absolute atomic E-state index is 0.101. The predicted octanol–water partition coefficient (Wildman–Crippen LogP) is 2.02. The summed E-state index contributed by atoms with van der Waals surface area (Å²) in [6, 6.07) is 3.48. The minimum Gasteiger partial charge on any atom is -0.506 e. The Kier molecular flexibility index (Phi) is 3.88. The Balaban J connectivity index is 2.75. The lowest BCUT2D eigenvalue weighted by Crippen LogP contribution is -2.08. The van der Waals surface area contributed by atoms with Crippen LogP contribution in [-0.2, 0) is 11.0 Å². The molecule has 0 aliphatic heterocycles. The van der Waals surface area contributed by atoms with Crippen LogP contribution < -0.4 is 4.72 Å². The number of aromatic hydroxyl groups is 1. The summed E-state index contributed by atoms with van der Waals surface area (Å²) in [4.78, 5) is 0. The van der Waals surface area contributed by atoms with Crippen molar-refractivity contribution in [3.8, 4) is 5.75 Å². The van der Waals surface area contributed by atoms with Crippen LogP contribution in [-0.4, -0.2) is 15.1 Å². The average Bonchev–Trinajstić information content (AvgIpc) is 2.12. The molecule has 0 aliphatic rings. The number of hydrogen-bond donors (Lipinski definition) is 2. The summed E-state index contributed by atoms with van der Waals surface area (Å²) in [5, 5.41) is 9.29. The first-order chi connectivity index (χ1) is 6.63. The molecule has 1 atom stereocenters. The van der Waals surface area contributed by atoms with Crippen molar-refractivity contribution in [1.29, 1.82) is 0 Å². The smallest absolute Gasteiger partial charge is 0.139 e. The second-order valence-corrected chi connectivity index (χ2v) is 4.12. The van der Waals surface area contributed by atoms with E-state index < -0.39 is 16.8 Å².